The monoisotopic (exact) mass is 397 g/mol. The summed E-state index contributed by atoms with van der Waals surface area (Å²) in [6.45, 7) is 0.520. The Morgan fingerprint density at radius 1 is 0.679 bits per heavy atom. The molecule has 0 atom stereocenters. The largest absolute Gasteiger partial charge is 0.347 e. The van der Waals surface area contributed by atoms with E-state index in [9.17, 15) is 9.77 Å². The third-order valence-corrected chi connectivity index (χ3v) is 5.80. The van der Waals surface area contributed by atoms with Crippen LogP contribution in [0.1, 0.15) is 16.7 Å². The molecule has 0 amide bonds. The van der Waals surface area contributed by atoms with E-state index in [0.29, 0.717) is 0 Å². The van der Waals surface area contributed by atoms with Crippen LogP contribution in [0.4, 0.5) is 0 Å². The Hall–Kier alpha value is -2.27. The summed E-state index contributed by atoms with van der Waals surface area (Å²) in [5.74, 6) is 0. The SMILES string of the molecule is O=P(CN(O)Cc1ccccc1)(OCc1ccccc1)OCc1ccccc1. The first-order valence-corrected chi connectivity index (χ1v) is 10.8. The molecule has 146 valence electrons. The number of hydrogen-bond acceptors (Lipinski definition) is 5. The Labute approximate surface area is 165 Å². The zero-order valence-corrected chi connectivity index (χ0v) is 16.4. The lowest BCUT2D eigenvalue weighted by Crippen LogP contribution is -2.21. The van der Waals surface area contributed by atoms with Crippen LogP contribution in [0.25, 0.3) is 0 Å². The van der Waals surface area contributed by atoms with Crippen LogP contribution in [0.5, 0.6) is 0 Å². The maximum atomic E-state index is 13.3. The number of benzene rings is 3. The second kappa shape index (κ2) is 10.3. The first-order chi connectivity index (χ1) is 13.6. The first kappa shape index (κ1) is 20.5. The summed E-state index contributed by atoms with van der Waals surface area (Å²) in [5, 5.41) is 11.3. The minimum Gasteiger partial charge on any atom is -0.313 e. The van der Waals surface area contributed by atoms with Gasteiger partial charge in [0.15, 0.2) is 0 Å². The maximum Gasteiger partial charge on any atom is 0.347 e. The average molecular weight is 397 g/mol. The van der Waals surface area contributed by atoms with Gasteiger partial charge in [0.25, 0.3) is 0 Å². The lowest BCUT2D eigenvalue weighted by Gasteiger charge is -2.23. The second-order valence-electron chi connectivity index (χ2n) is 6.42. The van der Waals surface area contributed by atoms with Crippen LogP contribution in [0.3, 0.4) is 0 Å². The fourth-order valence-electron chi connectivity index (χ4n) is 2.66. The second-order valence-corrected chi connectivity index (χ2v) is 8.44. The molecule has 0 aromatic heterocycles. The molecular formula is C22H24NO4P. The molecule has 5 nitrogen and oxygen atoms in total. The van der Waals surface area contributed by atoms with Gasteiger partial charge in [-0.3, -0.25) is 4.57 Å². The van der Waals surface area contributed by atoms with Gasteiger partial charge in [-0.1, -0.05) is 91.0 Å². The van der Waals surface area contributed by atoms with Gasteiger partial charge in [-0.2, -0.15) is 5.06 Å². The highest BCUT2D eigenvalue weighted by Crippen LogP contribution is 2.50. The van der Waals surface area contributed by atoms with Crippen molar-refractivity contribution in [2.24, 2.45) is 0 Å². The number of hydroxylamine groups is 2. The number of hydrogen-bond donors (Lipinski definition) is 1. The smallest absolute Gasteiger partial charge is 0.313 e. The van der Waals surface area contributed by atoms with Crippen LogP contribution in [-0.2, 0) is 33.4 Å². The Morgan fingerprint density at radius 2 is 1.07 bits per heavy atom. The van der Waals surface area contributed by atoms with E-state index in [0.717, 1.165) is 21.8 Å². The summed E-state index contributed by atoms with van der Waals surface area (Å²) < 4.78 is 24.7. The Kier molecular flexibility index (Phi) is 7.54. The molecule has 0 saturated carbocycles. The van der Waals surface area contributed by atoms with Crippen molar-refractivity contribution < 1.29 is 18.8 Å². The fourth-order valence-corrected chi connectivity index (χ4v) is 4.09. The minimum atomic E-state index is -3.57. The summed E-state index contributed by atoms with van der Waals surface area (Å²) in [5.41, 5.74) is 2.68. The highest BCUT2D eigenvalue weighted by atomic mass is 31.2. The lowest BCUT2D eigenvalue weighted by molar-refractivity contribution is -0.0877. The maximum absolute atomic E-state index is 13.3. The minimum absolute atomic E-state index is 0.145. The third kappa shape index (κ3) is 6.71. The molecule has 0 aliphatic rings. The molecule has 0 aliphatic heterocycles. The summed E-state index contributed by atoms with van der Waals surface area (Å²) in [6.07, 6.45) is -0.221. The summed E-state index contributed by atoms with van der Waals surface area (Å²) >= 11 is 0. The molecular weight excluding hydrogens is 373 g/mol. The molecule has 0 aliphatic carbocycles. The van der Waals surface area contributed by atoms with Crippen molar-refractivity contribution in [1.29, 1.82) is 0 Å². The zero-order chi connectivity index (χ0) is 19.7. The molecule has 0 spiro atoms. The normalized spacial score (nSPS) is 11.6. The molecule has 3 rings (SSSR count). The molecule has 0 bridgehead atoms. The van der Waals surface area contributed by atoms with Gasteiger partial charge in [0.05, 0.1) is 13.2 Å². The van der Waals surface area contributed by atoms with Gasteiger partial charge in [-0.25, -0.2) is 0 Å². The van der Waals surface area contributed by atoms with Crippen molar-refractivity contribution in [3.05, 3.63) is 108 Å². The van der Waals surface area contributed by atoms with Crippen molar-refractivity contribution in [2.45, 2.75) is 19.8 Å². The highest BCUT2D eigenvalue weighted by Gasteiger charge is 2.28. The Morgan fingerprint density at radius 3 is 1.50 bits per heavy atom. The van der Waals surface area contributed by atoms with Crippen LogP contribution >= 0.6 is 7.60 Å². The van der Waals surface area contributed by atoms with E-state index in [4.69, 9.17) is 9.05 Å². The molecule has 1 N–H and O–H groups in total. The van der Waals surface area contributed by atoms with Gasteiger partial charge < -0.3 is 14.3 Å². The molecule has 0 heterocycles. The van der Waals surface area contributed by atoms with Crippen LogP contribution < -0.4 is 0 Å². The summed E-state index contributed by atoms with van der Waals surface area (Å²) in [6, 6.07) is 28.4. The van der Waals surface area contributed by atoms with Crippen LogP contribution in [0.2, 0.25) is 0 Å². The molecule has 0 fully saturated rings. The first-order valence-electron chi connectivity index (χ1n) is 9.07. The van der Waals surface area contributed by atoms with Crippen molar-refractivity contribution in [2.75, 3.05) is 6.29 Å². The fraction of sp³-hybridized carbons (Fsp3) is 0.182. The molecule has 0 saturated heterocycles. The van der Waals surface area contributed by atoms with Crippen molar-refractivity contribution in [3.8, 4) is 0 Å². The molecule has 3 aromatic rings. The predicted octanol–water partition coefficient (Wildman–Crippen LogP) is 5.46. The molecule has 0 radical (unpaired) electrons. The highest BCUT2D eigenvalue weighted by molar-refractivity contribution is 7.53. The predicted molar refractivity (Wildman–Crippen MR) is 109 cm³/mol. The zero-order valence-electron chi connectivity index (χ0n) is 15.6. The van der Waals surface area contributed by atoms with E-state index in [2.05, 4.69) is 0 Å². The average Bonchev–Trinajstić information content (AvgIpc) is 2.73. The standard InChI is InChI=1S/C22H24NO4P/c24-23(16-20-10-4-1-5-11-20)19-28(25,26-17-21-12-6-2-7-13-21)27-18-22-14-8-3-9-15-22/h1-15,24H,16-19H2. The van der Waals surface area contributed by atoms with Crippen molar-refractivity contribution in [3.63, 3.8) is 0 Å². The van der Waals surface area contributed by atoms with E-state index in [1.54, 1.807) is 0 Å². The van der Waals surface area contributed by atoms with E-state index in [-0.39, 0.29) is 26.0 Å². The van der Waals surface area contributed by atoms with Crippen LogP contribution in [0.15, 0.2) is 91.0 Å². The number of nitrogens with zero attached hydrogens (tertiary/aromatic N) is 1. The molecule has 28 heavy (non-hydrogen) atoms. The quantitative estimate of drug-likeness (QED) is 0.364. The van der Waals surface area contributed by atoms with Gasteiger partial charge in [0, 0.05) is 6.54 Å². The van der Waals surface area contributed by atoms with E-state index in [1.807, 2.05) is 91.0 Å². The Bertz CT molecular complexity index is 827. The van der Waals surface area contributed by atoms with Crippen molar-refractivity contribution >= 4 is 7.60 Å². The molecule has 6 heteroatoms. The lowest BCUT2D eigenvalue weighted by atomic mass is 10.2. The molecule has 3 aromatic carbocycles. The summed E-state index contributed by atoms with van der Waals surface area (Å²) in [4.78, 5) is 0. The topological polar surface area (TPSA) is 59.0 Å². The number of rotatable bonds is 10. The van der Waals surface area contributed by atoms with E-state index < -0.39 is 7.60 Å². The van der Waals surface area contributed by atoms with Crippen molar-refractivity contribution in [1.82, 2.24) is 5.06 Å². The van der Waals surface area contributed by atoms with Gasteiger partial charge in [-0.05, 0) is 16.7 Å². The van der Waals surface area contributed by atoms with Crippen LogP contribution in [0, 0.1) is 0 Å². The molecule has 0 unspecified atom stereocenters. The van der Waals surface area contributed by atoms with E-state index >= 15 is 0 Å². The van der Waals surface area contributed by atoms with Gasteiger partial charge in [-0.15, -0.1) is 0 Å². The van der Waals surface area contributed by atoms with Gasteiger partial charge in [0.2, 0.25) is 0 Å². The van der Waals surface area contributed by atoms with Gasteiger partial charge in [0.1, 0.15) is 6.29 Å². The summed E-state index contributed by atoms with van der Waals surface area (Å²) in [7, 11) is -3.57. The Balaban J connectivity index is 1.66. The van der Waals surface area contributed by atoms with E-state index in [1.165, 1.54) is 0 Å². The van der Waals surface area contributed by atoms with Gasteiger partial charge >= 0.3 is 7.60 Å². The third-order valence-electron chi connectivity index (χ3n) is 4.09. The van der Waals surface area contributed by atoms with Crippen LogP contribution in [-0.4, -0.2) is 16.6 Å².